The van der Waals surface area contributed by atoms with Gasteiger partial charge in [-0.15, -0.1) is 19.9 Å². The van der Waals surface area contributed by atoms with Crippen LogP contribution in [0.3, 0.4) is 0 Å². The van der Waals surface area contributed by atoms with Crippen molar-refractivity contribution in [2.24, 2.45) is 0 Å². The van der Waals surface area contributed by atoms with E-state index in [1.54, 1.807) is 11.3 Å². The van der Waals surface area contributed by atoms with Gasteiger partial charge in [-0.1, -0.05) is 20.3 Å². The molecule has 3 unspecified atom stereocenters. The largest absolute Gasteiger partial charge is 0.379 e. The summed E-state index contributed by atoms with van der Waals surface area (Å²) in [4.78, 5) is 14.6. The number of nitrogens with zero attached hydrogens (tertiary/aromatic N) is 5. The summed E-state index contributed by atoms with van der Waals surface area (Å²) in [5.41, 5.74) is 0.992. The van der Waals surface area contributed by atoms with Crippen molar-refractivity contribution < 1.29 is 4.74 Å². The molecule has 12 heteroatoms. The van der Waals surface area contributed by atoms with Crippen molar-refractivity contribution in [1.82, 2.24) is 30.4 Å². The molecule has 0 aromatic carbocycles. The second-order valence-corrected chi connectivity index (χ2v) is 12.5. The van der Waals surface area contributed by atoms with Crippen LogP contribution in [0, 0.1) is 18.3 Å². The fraction of sp³-hybridized carbons (Fsp3) is 0.630. The third-order valence-corrected chi connectivity index (χ3v) is 9.41. The average molecular weight is 572 g/mol. The lowest BCUT2D eigenvalue weighted by molar-refractivity contribution is 0.0346. The first-order chi connectivity index (χ1) is 19.1. The van der Waals surface area contributed by atoms with E-state index < -0.39 is 0 Å². The number of rotatable bonds is 16. The predicted molar refractivity (Wildman–Crippen MR) is 163 cm³/mol. The Kier molecular flexibility index (Phi) is 11.7. The van der Waals surface area contributed by atoms with Crippen molar-refractivity contribution in [3.05, 3.63) is 22.7 Å². The van der Waals surface area contributed by atoms with Gasteiger partial charge in [0.2, 0.25) is 5.95 Å². The first-order valence-electron chi connectivity index (χ1n) is 14.0. The van der Waals surface area contributed by atoms with E-state index in [2.05, 4.69) is 57.0 Å². The lowest BCUT2D eigenvalue weighted by atomic mass is 10.1. The molecular weight excluding hydrogens is 529 g/mol. The Balaban J connectivity index is 1.58. The van der Waals surface area contributed by atoms with E-state index in [0.29, 0.717) is 18.4 Å². The second-order valence-electron chi connectivity index (χ2n) is 10.0. The number of hydrogen-bond donors (Lipinski definition) is 4. The van der Waals surface area contributed by atoms with Gasteiger partial charge < -0.3 is 20.7 Å². The minimum absolute atomic E-state index is 0.250. The van der Waals surface area contributed by atoms with Crippen molar-refractivity contribution in [2.45, 2.75) is 65.1 Å². The number of morpholine rings is 1. The first kappa shape index (κ1) is 29.6. The molecular formula is C27H42N9OPS. The molecule has 0 amide bonds. The summed E-state index contributed by atoms with van der Waals surface area (Å²) in [6.07, 6.45) is 6.02. The van der Waals surface area contributed by atoms with Gasteiger partial charge in [-0.25, -0.2) is 4.98 Å². The van der Waals surface area contributed by atoms with E-state index in [-0.39, 0.29) is 6.04 Å². The molecule has 212 valence electrons. The smallest absolute Gasteiger partial charge is 0.226 e. The maximum atomic E-state index is 8.95. The molecule has 3 aromatic heterocycles. The minimum Gasteiger partial charge on any atom is -0.379 e. The van der Waals surface area contributed by atoms with Crippen LogP contribution < -0.4 is 16.0 Å². The molecule has 0 aliphatic carbocycles. The van der Waals surface area contributed by atoms with E-state index in [0.717, 1.165) is 94.5 Å². The molecule has 1 aliphatic rings. The molecule has 4 rings (SSSR count). The average Bonchev–Trinajstić information content (AvgIpc) is 3.54. The molecule has 0 radical (unpaired) electrons. The summed E-state index contributed by atoms with van der Waals surface area (Å²) >= 11 is 1.73. The van der Waals surface area contributed by atoms with E-state index >= 15 is 0 Å². The van der Waals surface area contributed by atoms with Crippen molar-refractivity contribution in [3.8, 4) is 6.07 Å². The van der Waals surface area contributed by atoms with Crippen LogP contribution in [0.25, 0.3) is 10.2 Å². The van der Waals surface area contributed by atoms with Crippen LogP contribution in [0.1, 0.15) is 50.1 Å². The molecule has 3 aromatic rings. The Morgan fingerprint density at radius 2 is 2.08 bits per heavy atom. The highest BCUT2D eigenvalue weighted by Crippen LogP contribution is 2.33. The summed E-state index contributed by atoms with van der Waals surface area (Å²) < 4.78 is 5.53. The number of aromatic amines is 1. The summed E-state index contributed by atoms with van der Waals surface area (Å²) in [7, 11) is 0.892. The van der Waals surface area contributed by atoms with Gasteiger partial charge in [0, 0.05) is 61.3 Å². The number of ether oxygens (including phenoxy) is 1. The summed E-state index contributed by atoms with van der Waals surface area (Å²) in [6.45, 7) is 11.5. The van der Waals surface area contributed by atoms with Gasteiger partial charge in [-0.3, -0.25) is 10.00 Å². The van der Waals surface area contributed by atoms with Gasteiger partial charge in [0.15, 0.2) is 5.82 Å². The van der Waals surface area contributed by atoms with Crippen LogP contribution in [0.5, 0.6) is 0 Å². The third-order valence-electron chi connectivity index (χ3n) is 6.76. The number of anilines is 3. The Labute approximate surface area is 237 Å². The monoisotopic (exact) mass is 571 g/mol. The summed E-state index contributed by atoms with van der Waals surface area (Å²) in [5.74, 6) is 2.16. The summed E-state index contributed by atoms with van der Waals surface area (Å²) in [5, 5.41) is 28.0. The molecule has 1 saturated heterocycles. The molecule has 10 nitrogen and oxygen atoms in total. The molecule has 4 heterocycles. The van der Waals surface area contributed by atoms with Gasteiger partial charge in [-0.2, -0.15) is 15.3 Å². The lowest BCUT2D eigenvalue weighted by Crippen LogP contribution is -2.36. The first-order valence-corrected chi connectivity index (χ1v) is 16.3. The van der Waals surface area contributed by atoms with E-state index in [1.807, 2.05) is 13.0 Å². The number of nitriles is 1. The lowest BCUT2D eigenvalue weighted by Gasteiger charge is -2.25. The van der Waals surface area contributed by atoms with Gasteiger partial charge in [0.05, 0.1) is 24.7 Å². The van der Waals surface area contributed by atoms with Crippen LogP contribution in [-0.4, -0.2) is 82.3 Å². The zero-order valence-electron chi connectivity index (χ0n) is 23.3. The van der Waals surface area contributed by atoms with Gasteiger partial charge in [0.1, 0.15) is 10.6 Å². The predicted octanol–water partition coefficient (Wildman–Crippen LogP) is 4.84. The van der Waals surface area contributed by atoms with Crippen LogP contribution in [-0.2, 0) is 11.3 Å². The fourth-order valence-electron chi connectivity index (χ4n) is 4.69. The normalized spacial score (nSPS) is 16.1. The van der Waals surface area contributed by atoms with E-state index in [4.69, 9.17) is 20.0 Å². The van der Waals surface area contributed by atoms with Gasteiger partial charge >= 0.3 is 0 Å². The van der Waals surface area contributed by atoms with E-state index in [9.17, 15) is 0 Å². The second kappa shape index (κ2) is 15.4. The minimum atomic E-state index is 0.250. The maximum absolute atomic E-state index is 8.95. The highest BCUT2D eigenvalue weighted by molar-refractivity contribution is 7.38. The highest BCUT2D eigenvalue weighted by Gasteiger charge is 2.20. The van der Waals surface area contributed by atoms with Crippen molar-refractivity contribution >= 4 is 47.7 Å². The van der Waals surface area contributed by atoms with Crippen LogP contribution in [0.2, 0.25) is 0 Å². The van der Waals surface area contributed by atoms with Crippen LogP contribution >= 0.6 is 19.9 Å². The van der Waals surface area contributed by atoms with Gasteiger partial charge in [-0.05, 0) is 38.2 Å². The standard InChI is InChI=1S/C27H42N9OPS/c1-4-13-38-18-21(15-20(5-2)29-8-6-7-28)30-27-32-25(31-24-14-19(3)34-35-24)23-16-22(39-26(23)33-27)17-36-9-11-37-12-10-36/h14,16,20-21,29,38H,4-6,8-13,15,17-18H2,1-3H3,(H3,30,31,32,33,34,35). The van der Waals surface area contributed by atoms with E-state index in [1.165, 1.54) is 17.5 Å². The number of nitrogens with one attached hydrogen (secondary N) is 4. The van der Waals surface area contributed by atoms with Crippen molar-refractivity contribution in [1.29, 1.82) is 5.26 Å². The number of aromatic nitrogens is 4. The zero-order chi connectivity index (χ0) is 27.5. The quantitative estimate of drug-likeness (QED) is 0.141. The van der Waals surface area contributed by atoms with Gasteiger partial charge in [0.25, 0.3) is 0 Å². The maximum Gasteiger partial charge on any atom is 0.226 e. The number of hydrogen-bond acceptors (Lipinski definition) is 10. The third kappa shape index (κ3) is 9.09. The summed E-state index contributed by atoms with van der Waals surface area (Å²) in [6, 6.07) is 7.03. The zero-order valence-corrected chi connectivity index (χ0v) is 25.2. The van der Waals surface area contributed by atoms with Crippen molar-refractivity contribution in [2.75, 3.05) is 55.8 Å². The van der Waals surface area contributed by atoms with Crippen LogP contribution in [0.15, 0.2) is 12.1 Å². The number of H-pyrrole nitrogens is 1. The molecule has 39 heavy (non-hydrogen) atoms. The molecule has 0 saturated carbocycles. The molecule has 1 aliphatic heterocycles. The molecule has 1 fully saturated rings. The Morgan fingerprint density at radius 3 is 2.79 bits per heavy atom. The topological polar surface area (TPSA) is 127 Å². The number of thiophene rings is 1. The number of fused-ring (bicyclic) bond motifs is 1. The highest BCUT2D eigenvalue weighted by atomic mass is 32.1. The van der Waals surface area contributed by atoms with Crippen LogP contribution in [0.4, 0.5) is 17.6 Å². The molecule has 0 bridgehead atoms. The SMILES string of the molecule is CCCPCC(CC(CC)NCCC#N)Nc1nc(Nc2cc(C)[nH]n2)c2cc(CN3CCOCC3)sc2n1. The molecule has 4 N–H and O–H groups in total. The Morgan fingerprint density at radius 1 is 1.23 bits per heavy atom. The Hall–Kier alpha value is -2.35. The number of aryl methyl sites for hydroxylation is 1. The Bertz CT molecular complexity index is 1200. The molecule has 3 atom stereocenters. The van der Waals surface area contributed by atoms with Crippen molar-refractivity contribution in [3.63, 3.8) is 0 Å². The fourth-order valence-corrected chi connectivity index (χ4v) is 6.94. The molecule has 0 spiro atoms.